The van der Waals surface area contributed by atoms with Crippen LogP contribution in [0.5, 0.6) is 0 Å². The minimum absolute atomic E-state index is 0.141. The molecular formula is C19H16N4O3S. The summed E-state index contributed by atoms with van der Waals surface area (Å²) in [5, 5.41) is 11.7. The molecule has 1 saturated heterocycles. The zero-order chi connectivity index (χ0) is 18.8. The van der Waals surface area contributed by atoms with Crippen molar-refractivity contribution in [1.82, 2.24) is 15.1 Å². The Kier molecular flexibility index (Phi) is 4.55. The Labute approximate surface area is 159 Å². The fraction of sp³-hybridized carbons (Fsp3) is 0.158. The number of imide groups is 1. The van der Waals surface area contributed by atoms with E-state index in [9.17, 15) is 14.4 Å². The van der Waals surface area contributed by atoms with Crippen LogP contribution in [-0.2, 0) is 16.1 Å². The second-order valence-corrected chi connectivity index (χ2v) is 7.12. The van der Waals surface area contributed by atoms with Gasteiger partial charge in [0.15, 0.2) is 5.69 Å². The van der Waals surface area contributed by atoms with E-state index < -0.39 is 0 Å². The van der Waals surface area contributed by atoms with Crippen molar-refractivity contribution in [2.24, 2.45) is 0 Å². The Balaban J connectivity index is 1.40. The van der Waals surface area contributed by atoms with Crippen molar-refractivity contribution in [3.8, 4) is 10.6 Å². The number of benzene rings is 1. The van der Waals surface area contributed by atoms with Crippen LogP contribution in [0.2, 0.25) is 0 Å². The van der Waals surface area contributed by atoms with Gasteiger partial charge >= 0.3 is 0 Å². The van der Waals surface area contributed by atoms with Gasteiger partial charge in [-0.05, 0) is 35.2 Å². The quantitative estimate of drug-likeness (QED) is 0.665. The number of likely N-dealkylation sites (tertiary alicyclic amines) is 1. The Morgan fingerprint density at radius 1 is 1.15 bits per heavy atom. The number of carbonyl (C=O) groups excluding carboxylic acids is 3. The molecule has 0 saturated carbocycles. The number of hydrogen-bond donors (Lipinski definition) is 2. The van der Waals surface area contributed by atoms with Crippen LogP contribution in [0.15, 0.2) is 47.8 Å². The first-order valence-corrected chi connectivity index (χ1v) is 9.31. The number of carbonyl (C=O) groups is 3. The molecule has 1 aromatic carbocycles. The Morgan fingerprint density at radius 3 is 2.56 bits per heavy atom. The van der Waals surface area contributed by atoms with E-state index in [2.05, 4.69) is 15.5 Å². The second-order valence-electron chi connectivity index (χ2n) is 6.17. The molecule has 0 atom stereocenters. The molecule has 0 spiro atoms. The van der Waals surface area contributed by atoms with Crippen molar-refractivity contribution in [2.75, 3.05) is 5.32 Å². The second kappa shape index (κ2) is 7.16. The van der Waals surface area contributed by atoms with Gasteiger partial charge in [-0.1, -0.05) is 18.2 Å². The molecule has 1 aliphatic rings. The summed E-state index contributed by atoms with van der Waals surface area (Å²) >= 11 is 1.56. The van der Waals surface area contributed by atoms with Gasteiger partial charge in [-0.25, -0.2) is 0 Å². The molecule has 3 aromatic rings. The largest absolute Gasteiger partial charge is 0.321 e. The van der Waals surface area contributed by atoms with Crippen molar-refractivity contribution in [3.05, 3.63) is 59.1 Å². The number of aromatic amines is 1. The molecule has 27 heavy (non-hydrogen) atoms. The summed E-state index contributed by atoms with van der Waals surface area (Å²) in [6, 6.07) is 12.7. The van der Waals surface area contributed by atoms with Crippen LogP contribution in [0.4, 0.5) is 5.69 Å². The number of nitrogens with one attached hydrogen (secondary N) is 2. The number of anilines is 1. The molecule has 136 valence electrons. The number of rotatable bonds is 5. The van der Waals surface area contributed by atoms with Crippen LogP contribution in [0.1, 0.15) is 28.9 Å². The van der Waals surface area contributed by atoms with Gasteiger partial charge in [-0.2, -0.15) is 5.10 Å². The van der Waals surface area contributed by atoms with Crippen molar-refractivity contribution < 1.29 is 14.4 Å². The Bertz CT molecular complexity index is 976. The molecule has 1 aliphatic heterocycles. The molecule has 0 unspecified atom stereocenters. The predicted molar refractivity (Wildman–Crippen MR) is 101 cm³/mol. The smallest absolute Gasteiger partial charge is 0.276 e. The van der Waals surface area contributed by atoms with E-state index in [1.165, 1.54) is 4.90 Å². The lowest BCUT2D eigenvalue weighted by atomic mass is 10.2. The van der Waals surface area contributed by atoms with Crippen molar-refractivity contribution >= 4 is 34.7 Å². The topological polar surface area (TPSA) is 95.2 Å². The van der Waals surface area contributed by atoms with Gasteiger partial charge < -0.3 is 5.32 Å². The molecule has 1 fully saturated rings. The fourth-order valence-electron chi connectivity index (χ4n) is 2.87. The predicted octanol–water partition coefficient (Wildman–Crippen LogP) is 3.04. The molecule has 7 nitrogen and oxygen atoms in total. The maximum absolute atomic E-state index is 12.4. The van der Waals surface area contributed by atoms with Crippen LogP contribution in [0.3, 0.4) is 0 Å². The zero-order valence-corrected chi connectivity index (χ0v) is 15.1. The number of hydrogen-bond acceptors (Lipinski definition) is 5. The van der Waals surface area contributed by atoms with Gasteiger partial charge in [-0.15, -0.1) is 11.3 Å². The molecule has 0 bridgehead atoms. The number of nitrogens with zero attached hydrogens (tertiary/aromatic N) is 2. The molecule has 8 heteroatoms. The summed E-state index contributed by atoms with van der Waals surface area (Å²) in [6.45, 7) is 0.259. The molecule has 0 radical (unpaired) electrons. The third-order valence-corrected chi connectivity index (χ3v) is 5.21. The van der Waals surface area contributed by atoms with Gasteiger partial charge in [0.25, 0.3) is 5.91 Å². The third kappa shape index (κ3) is 3.65. The third-order valence-electron chi connectivity index (χ3n) is 4.30. The molecule has 2 aromatic heterocycles. The van der Waals surface area contributed by atoms with Gasteiger partial charge in [0, 0.05) is 18.5 Å². The molecule has 2 N–H and O–H groups in total. The summed E-state index contributed by atoms with van der Waals surface area (Å²) in [5.41, 5.74) is 2.54. The monoisotopic (exact) mass is 380 g/mol. The van der Waals surface area contributed by atoms with Gasteiger partial charge in [-0.3, -0.25) is 24.4 Å². The molecule has 3 amide bonds. The lowest BCUT2D eigenvalue weighted by Gasteiger charge is -2.14. The van der Waals surface area contributed by atoms with E-state index in [1.54, 1.807) is 41.7 Å². The highest BCUT2D eigenvalue weighted by atomic mass is 32.1. The number of H-pyrrole nitrogens is 1. The van der Waals surface area contributed by atoms with E-state index in [0.29, 0.717) is 11.4 Å². The highest BCUT2D eigenvalue weighted by Gasteiger charge is 2.28. The summed E-state index contributed by atoms with van der Waals surface area (Å²) in [7, 11) is 0. The minimum Gasteiger partial charge on any atom is -0.321 e. The summed E-state index contributed by atoms with van der Waals surface area (Å²) < 4.78 is 0. The maximum atomic E-state index is 12.4. The van der Waals surface area contributed by atoms with Crippen molar-refractivity contribution in [2.45, 2.75) is 19.4 Å². The normalized spacial score (nSPS) is 14.0. The molecule has 3 heterocycles. The SMILES string of the molecule is O=C(Nc1ccc(CN2C(=O)CCC2=O)cc1)c1cc(-c2cccs2)[nH]n1. The number of amides is 3. The fourth-order valence-corrected chi connectivity index (χ4v) is 3.56. The van der Waals surface area contributed by atoms with Crippen molar-refractivity contribution in [1.29, 1.82) is 0 Å². The lowest BCUT2D eigenvalue weighted by molar-refractivity contribution is -0.139. The van der Waals surface area contributed by atoms with E-state index in [1.807, 2.05) is 17.5 Å². The van der Waals surface area contributed by atoms with E-state index in [0.717, 1.165) is 16.1 Å². The summed E-state index contributed by atoms with van der Waals surface area (Å²) in [6.07, 6.45) is 0.564. The maximum Gasteiger partial charge on any atom is 0.276 e. The number of thiophene rings is 1. The summed E-state index contributed by atoms with van der Waals surface area (Å²) in [5.74, 6) is -0.596. The molecule has 0 aliphatic carbocycles. The van der Waals surface area contributed by atoms with E-state index >= 15 is 0 Å². The van der Waals surface area contributed by atoms with E-state index in [-0.39, 0.29) is 37.1 Å². The average molecular weight is 380 g/mol. The number of aromatic nitrogens is 2. The first kappa shape index (κ1) is 17.2. The first-order chi connectivity index (χ1) is 13.1. The van der Waals surface area contributed by atoms with E-state index in [4.69, 9.17) is 0 Å². The summed E-state index contributed by atoms with van der Waals surface area (Å²) in [4.78, 5) is 38.0. The van der Waals surface area contributed by atoms with Gasteiger partial charge in [0.1, 0.15) is 0 Å². The van der Waals surface area contributed by atoms with Crippen LogP contribution < -0.4 is 5.32 Å². The lowest BCUT2D eigenvalue weighted by Crippen LogP contribution is -2.28. The van der Waals surface area contributed by atoms with Crippen LogP contribution in [0, 0.1) is 0 Å². The molecular weight excluding hydrogens is 364 g/mol. The van der Waals surface area contributed by atoms with Gasteiger partial charge in [0.2, 0.25) is 11.8 Å². The van der Waals surface area contributed by atoms with Crippen LogP contribution in [-0.4, -0.2) is 32.8 Å². The average Bonchev–Trinajstić information content (AvgIpc) is 3.40. The van der Waals surface area contributed by atoms with Gasteiger partial charge in [0.05, 0.1) is 17.1 Å². The first-order valence-electron chi connectivity index (χ1n) is 8.43. The molecule has 4 rings (SSSR count). The Morgan fingerprint density at radius 2 is 1.89 bits per heavy atom. The standard InChI is InChI=1S/C19H16N4O3S/c24-17-7-8-18(25)23(17)11-12-3-5-13(6-4-12)20-19(26)15-10-14(21-22-15)16-2-1-9-27-16/h1-6,9-10H,7-8,11H2,(H,20,26)(H,21,22). The van der Waals surface area contributed by atoms with Crippen molar-refractivity contribution in [3.63, 3.8) is 0 Å². The minimum atomic E-state index is -0.313. The van der Waals surface area contributed by atoms with Crippen LogP contribution >= 0.6 is 11.3 Å². The van der Waals surface area contributed by atoms with Crippen LogP contribution in [0.25, 0.3) is 10.6 Å². The Hall–Kier alpha value is -3.26. The zero-order valence-electron chi connectivity index (χ0n) is 14.3. The highest BCUT2D eigenvalue weighted by Crippen LogP contribution is 2.23. The highest BCUT2D eigenvalue weighted by molar-refractivity contribution is 7.13.